The molecule has 1 fully saturated rings. The number of anilines is 1. The minimum Gasteiger partial charge on any atom is -0.392 e. The summed E-state index contributed by atoms with van der Waals surface area (Å²) in [6, 6.07) is -2.74. The molecule has 0 bridgehead atoms. The number of nitrogen functional groups attached to an aromatic ring is 1. The van der Waals surface area contributed by atoms with E-state index in [4.69, 9.17) is 21.7 Å². The topological polar surface area (TPSA) is 277 Å². The standard InChI is InChI=1S/C17H25N11O7S2/c1-17(2,6-29)35-26-11(8-5-36-16(20)24-8)13(30)25-12-9(28(14(12)31)37(32,33)34)4-27-10(22-7-23-27)3-21-15(18)19/h5,7,9,12,29H,3-4,6H2,1-2H3,(H2,20,24)(H,25,30)(H4,18,19,21)(H,32,33,34)/b26-11-/t9-,12+/m1/s1. The van der Waals surface area contributed by atoms with E-state index in [-0.39, 0.29) is 40.0 Å². The molecule has 3 rings (SSSR count). The van der Waals surface area contributed by atoms with Crippen LogP contribution in [0.25, 0.3) is 0 Å². The Balaban J connectivity index is 1.88. The Kier molecular flexibility index (Phi) is 7.95. The predicted octanol–water partition coefficient (Wildman–Crippen LogP) is -3.01. The number of nitrogens with one attached hydrogen (secondary N) is 3. The van der Waals surface area contributed by atoms with Crippen molar-refractivity contribution >= 4 is 50.3 Å². The van der Waals surface area contributed by atoms with Crippen molar-refractivity contribution < 1.29 is 32.5 Å². The number of thiazole rings is 1. The summed E-state index contributed by atoms with van der Waals surface area (Å²) in [5, 5.41) is 30.8. The quantitative estimate of drug-likeness (QED) is 0.0475. The Morgan fingerprint density at radius 1 is 1.43 bits per heavy atom. The number of guanidine groups is 1. The summed E-state index contributed by atoms with van der Waals surface area (Å²) in [5.74, 6) is -2.19. The minimum atomic E-state index is -4.99. The lowest BCUT2D eigenvalue weighted by Crippen LogP contribution is -2.73. The Hall–Kier alpha value is -3.88. The SMILES string of the molecule is CC(C)(CO)O/N=C(\C(=O)N[C@@H]1C(=O)N(S(=O)(=O)O)[C@@H]1Cn1ncnc1CNC(=N)N)c1csc(N)n1. The average Bonchev–Trinajstić information content (AvgIpc) is 3.43. The first-order valence-corrected chi connectivity index (χ1v) is 12.7. The van der Waals surface area contributed by atoms with Crippen molar-refractivity contribution in [1.29, 1.82) is 5.41 Å². The molecule has 20 heteroatoms. The molecule has 0 aliphatic carbocycles. The molecule has 0 unspecified atom stereocenters. The predicted molar refractivity (Wildman–Crippen MR) is 128 cm³/mol. The normalized spacial score (nSPS) is 18.3. The highest BCUT2D eigenvalue weighted by atomic mass is 32.2. The van der Waals surface area contributed by atoms with Gasteiger partial charge >= 0.3 is 10.3 Å². The summed E-state index contributed by atoms with van der Waals surface area (Å²) < 4.78 is 34.7. The second-order valence-corrected chi connectivity index (χ2v) is 10.5. The molecule has 202 valence electrons. The van der Waals surface area contributed by atoms with Gasteiger partial charge < -0.3 is 32.0 Å². The first kappa shape index (κ1) is 27.7. The molecule has 0 radical (unpaired) electrons. The third-order valence-electron chi connectivity index (χ3n) is 4.94. The summed E-state index contributed by atoms with van der Waals surface area (Å²) in [6.07, 6.45) is 1.15. The van der Waals surface area contributed by atoms with E-state index in [1.54, 1.807) is 0 Å². The highest BCUT2D eigenvalue weighted by molar-refractivity contribution is 7.84. The molecule has 3 heterocycles. The number of rotatable bonds is 11. The minimum absolute atomic E-state index is 0.0116. The summed E-state index contributed by atoms with van der Waals surface area (Å²) >= 11 is 1.01. The van der Waals surface area contributed by atoms with Crippen LogP contribution >= 0.6 is 11.3 Å². The lowest BCUT2D eigenvalue weighted by atomic mass is 9.98. The van der Waals surface area contributed by atoms with Crippen molar-refractivity contribution in [2.24, 2.45) is 10.9 Å². The van der Waals surface area contributed by atoms with Gasteiger partial charge in [-0.15, -0.1) is 11.3 Å². The molecule has 0 spiro atoms. The summed E-state index contributed by atoms with van der Waals surface area (Å²) in [7, 11) is -4.99. The zero-order chi connectivity index (χ0) is 27.5. The van der Waals surface area contributed by atoms with Gasteiger partial charge in [-0.3, -0.25) is 19.6 Å². The number of aliphatic hydroxyl groups excluding tert-OH is 1. The maximum Gasteiger partial charge on any atom is 0.362 e. The van der Waals surface area contributed by atoms with E-state index >= 15 is 0 Å². The van der Waals surface area contributed by atoms with E-state index < -0.39 is 52.1 Å². The van der Waals surface area contributed by atoms with Gasteiger partial charge in [0.15, 0.2) is 22.4 Å². The van der Waals surface area contributed by atoms with Crippen LogP contribution in [0.5, 0.6) is 0 Å². The van der Waals surface area contributed by atoms with Crippen molar-refractivity contribution in [2.45, 2.75) is 44.6 Å². The maximum absolute atomic E-state index is 13.1. The highest BCUT2D eigenvalue weighted by Gasteiger charge is 2.54. The largest absolute Gasteiger partial charge is 0.392 e. The van der Waals surface area contributed by atoms with Crippen LogP contribution in [0.2, 0.25) is 0 Å². The first-order valence-electron chi connectivity index (χ1n) is 10.4. The molecule has 2 atom stereocenters. The lowest BCUT2D eigenvalue weighted by molar-refractivity contribution is -0.145. The monoisotopic (exact) mass is 559 g/mol. The first-order chi connectivity index (χ1) is 17.2. The highest BCUT2D eigenvalue weighted by Crippen LogP contribution is 2.26. The molecule has 2 aromatic heterocycles. The molecule has 0 aromatic carbocycles. The number of hydrogen-bond donors (Lipinski definition) is 7. The van der Waals surface area contributed by atoms with Gasteiger partial charge in [-0.2, -0.15) is 13.5 Å². The second kappa shape index (κ2) is 10.6. The zero-order valence-electron chi connectivity index (χ0n) is 19.5. The molecule has 2 aromatic rings. The molecule has 1 saturated heterocycles. The number of amides is 2. The van der Waals surface area contributed by atoms with E-state index in [1.807, 2.05) is 0 Å². The van der Waals surface area contributed by atoms with E-state index in [0.717, 1.165) is 17.7 Å². The van der Waals surface area contributed by atoms with Crippen LogP contribution in [0.1, 0.15) is 25.4 Å². The molecule has 37 heavy (non-hydrogen) atoms. The molecule has 0 saturated carbocycles. The lowest BCUT2D eigenvalue weighted by Gasteiger charge is -2.44. The summed E-state index contributed by atoms with van der Waals surface area (Å²) in [5.41, 5.74) is 9.37. The Bertz CT molecular complexity index is 1320. The Labute approximate surface area is 214 Å². The second-order valence-electron chi connectivity index (χ2n) is 8.28. The Morgan fingerprint density at radius 3 is 2.70 bits per heavy atom. The Morgan fingerprint density at radius 2 is 2.14 bits per heavy atom. The fourth-order valence-electron chi connectivity index (χ4n) is 3.08. The van der Waals surface area contributed by atoms with Crippen LogP contribution in [0.15, 0.2) is 16.9 Å². The van der Waals surface area contributed by atoms with Crippen molar-refractivity contribution in [3.8, 4) is 0 Å². The van der Waals surface area contributed by atoms with Crippen molar-refractivity contribution in [2.75, 3.05) is 12.3 Å². The number of carbonyl (C=O) groups excluding carboxylic acids is 2. The van der Waals surface area contributed by atoms with Gasteiger partial charge in [-0.1, -0.05) is 5.16 Å². The van der Waals surface area contributed by atoms with Crippen LogP contribution in [0, 0.1) is 5.41 Å². The van der Waals surface area contributed by atoms with Crippen LogP contribution in [0.3, 0.4) is 0 Å². The fourth-order valence-corrected chi connectivity index (χ4v) is 4.50. The summed E-state index contributed by atoms with van der Waals surface area (Å²) in [4.78, 5) is 39.0. The number of β-lactam (4-membered cyclic amide) rings is 1. The number of carbonyl (C=O) groups is 2. The third kappa shape index (κ3) is 6.47. The number of aliphatic hydroxyl groups is 1. The van der Waals surface area contributed by atoms with Crippen molar-refractivity contribution in [3.05, 3.63) is 23.2 Å². The number of oxime groups is 1. The molecular formula is C17H25N11O7S2. The average molecular weight is 560 g/mol. The van der Waals surface area contributed by atoms with Gasteiger partial charge in [0, 0.05) is 5.38 Å². The number of nitrogens with zero attached hydrogens (tertiary/aromatic N) is 6. The molecule has 1 aliphatic heterocycles. The van der Waals surface area contributed by atoms with Gasteiger partial charge in [0.25, 0.3) is 11.8 Å². The smallest absolute Gasteiger partial charge is 0.362 e. The van der Waals surface area contributed by atoms with E-state index in [1.165, 1.54) is 23.9 Å². The molecule has 2 amide bonds. The molecular weight excluding hydrogens is 534 g/mol. The van der Waals surface area contributed by atoms with Crippen molar-refractivity contribution in [3.63, 3.8) is 0 Å². The van der Waals surface area contributed by atoms with Gasteiger partial charge in [0.05, 0.1) is 25.7 Å². The molecule has 18 nitrogen and oxygen atoms in total. The summed E-state index contributed by atoms with van der Waals surface area (Å²) in [6.45, 7) is 2.23. The van der Waals surface area contributed by atoms with Gasteiger partial charge in [0.2, 0.25) is 0 Å². The third-order valence-corrected chi connectivity index (χ3v) is 6.56. The fraction of sp³-hybridized carbons (Fsp3) is 0.471. The van der Waals surface area contributed by atoms with Crippen LogP contribution in [0.4, 0.5) is 5.13 Å². The molecule has 9 N–H and O–H groups in total. The maximum atomic E-state index is 13.1. The van der Waals surface area contributed by atoms with Gasteiger partial charge in [0.1, 0.15) is 23.9 Å². The van der Waals surface area contributed by atoms with Gasteiger partial charge in [-0.25, -0.2) is 19.0 Å². The molecule has 1 aliphatic rings. The number of nitrogens with two attached hydrogens (primary N) is 2. The van der Waals surface area contributed by atoms with E-state index in [0.29, 0.717) is 0 Å². The van der Waals surface area contributed by atoms with E-state index in [2.05, 4.69) is 30.9 Å². The van der Waals surface area contributed by atoms with E-state index in [9.17, 15) is 27.7 Å². The van der Waals surface area contributed by atoms with Crippen LogP contribution in [-0.4, -0.2) is 89.9 Å². The zero-order valence-corrected chi connectivity index (χ0v) is 21.2. The van der Waals surface area contributed by atoms with Crippen LogP contribution in [-0.2, 0) is 37.8 Å². The van der Waals surface area contributed by atoms with Gasteiger partial charge in [-0.05, 0) is 13.8 Å². The number of aromatic nitrogens is 4. The number of hydrogen-bond acceptors (Lipinski definition) is 13. The van der Waals surface area contributed by atoms with Crippen molar-refractivity contribution in [1.82, 2.24) is 34.7 Å². The van der Waals surface area contributed by atoms with Crippen LogP contribution < -0.4 is 22.1 Å².